The first-order chi connectivity index (χ1) is 11.4. The third-order valence-corrected chi connectivity index (χ3v) is 3.80. The van der Waals surface area contributed by atoms with Crippen LogP contribution in [0.5, 0.6) is 0 Å². The number of carbonyl (C=O) groups is 2. The van der Waals surface area contributed by atoms with Crippen molar-refractivity contribution >= 4 is 11.9 Å². The van der Waals surface area contributed by atoms with E-state index < -0.39 is 24.3 Å². The van der Waals surface area contributed by atoms with Gasteiger partial charge in [0, 0.05) is 6.54 Å². The van der Waals surface area contributed by atoms with Crippen LogP contribution < -0.4 is 5.32 Å². The highest BCUT2D eigenvalue weighted by molar-refractivity contribution is 5.91. The summed E-state index contributed by atoms with van der Waals surface area (Å²) in [4.78, 5) is 23.6. The van der Waals surface area contributed by atoms with Gasteiger partial charge in [-0.1, -0.05) is 24.3 Å². The first-order valence-electron chi connectivity index (χ1n) is 7.63. The second-order valence-electron chi connectivity index (χ2n) is 5.74. The van der Waals surface area contributed by atoms with E-state index >= 15 is 0 Å². The van der Waals surface area contributed by atoms with Gasteiger partial charge < -0.3 is 10.1 Å². The van der Waals surface area contributed by atoms with E-state index in [2.05, 4.69) is 5.32 Å². The van der Waals surface area contributed by atoms with Crippen LogP contribution in [0.4, 0.5) is 4.39 Å². The van der Waals surface area contributed by atoms with E-state index in [4.69, 9.17) is 4.74 Å². The van der Waals surface area contributed by atoms with Gasteiger partial charge in [-0.15, -0.1) is 0 Å². The van der Waals surface area contributed by atoms with Crippen molar-refractivity contribution < 1.29 is 18.7 Å². The zero-order valence-electron chi connectivity index (χ0n) is 14.0. The lowest BCUT2D eigenvalue weighted by atomic mass is 10.1. The fourth-order valence-corrected chi connectivity index (χ4v) is 2.10. The summed E-state index contributed by atoms with van der Waals surface area (Å²) in [6.07, 6.45) is 0. The average molecular weight is 329 g/mol. The highest BCUT2D eigenvalue weighted by Crippen LogP contribution is 2.11. The van der Waals surface area contributed by atoms with E-state index in [-0.39, 0.29) is 5.56 Å². The van der Waals surface area contributed by atoms with Gasteiger partial charge in [-0.2, -0.15) is 0 Å². The molecule has 0 bridgehead atoms. The molecule has 0 heterocycles. The normalized spacial score (nSPS) is 10.3. The van der Waals surface area contributed by atoms with Crippen molar-refractivity contribution in [1.82, 2.24) is 5.32 Å². The predicted molar refractivity (Wildman–Crippen MR) is 89.2 cm³/mol. The summed E-state index contributed by atoms with van der Waals surface area (Å²) in [5.74, 6) is -1.62. The number of hydrogen-bond acceptors (Lipinski definition) is 3. The van der Waals surface area contributed by atoms with Crippen LogP contribution in [-0.2, 0) is 16.1 Å². The van der Waals surface area contributed by atoms with Crippen LogP contribution in [0.25, 0.3) is 0 Å². The molecule has 0 aliphatic carbocycles. The van der Waals surface area contributed by atoms with Gasteiger partial charge in [0.2, 0.25) is 0 Å². The van der Waals surface area contributed by atoms with Crippen LogP contribution in [0.1, 0.15) is 32.6 Å². The maximum Gasteiger partial charge on any atom is 0.338 e. The van der Waals surface area contributed by atoms with E-state index in [1.807, 2.05) is 32.0 Å². The van der Waals surface area contributed by atoms with Gasteiger partial charge in [-0.25, -0.2) is 9.18 Å². The number of esters is 1. The molecule has 2 rings (SSSR count). The molecule has 0 unspecified atom stereocenters. The molecule has 0 aliphatic heterocycles. The van der Waals surface area contributed by atoms with Gasteiger partial charge in [0.1, 0.15) is 5.82 Å². The van der Waals surface area contributed by atoms with Crippen molar-refractivity contribution in [2.75, 3.05) is 6.61 Å². The molecule has 0 atom stereocenters. The molecule has 0 radical (unpaired) electrons. The van der Waals surface area contributed by atoms with Crippen LogP contribution in [0.2, 0.25) is 0 Å². The van der Waals surface area contributed by atoms with Crippen LogP contribution in [0.15, 0.2) is 36.4 Å². The van der Waals surface area contributed by atoms with Crippen molar-refractivity contribution in [3.05, 3.63) is 70.0 Å². The van der Waals surface area contributed by atoms with E-state index in [1.54, 1.807) is 6.92 Å². The lowest BCUT2D eigenvalue weighted by Gasteiger charge is -2.08. The number of rotatable bonds is 5. The molecule has 126 valence electrons. The van der Waals surface area contributed by atoms with Gasteiger partial charge in [0.25, 0.3) is 5.91 Å². The van der Waals surface area contributed by atoms with Crippen LogP contribution in [-0.4, -0.2) is 18.5 Å². The number of halogens is 1. The Bertz CT molecular complexity index is 771. The summed E-state index contributed by atoms with van der Waals surface area (Å²) in [6.45, 7) is 5.58. The Morgan fingerprint density at radius 2 is 1.71 bits per heavy atom. The quantitative estimate of drug-likeness (QED) is 0.857. The fraction of sp³-hybridized carbons (Fsp3) is 0.263. The minimum Gasteiger partial charge on any atom is -0.452 e. The standard InChI is InChI=1S/C19H20FNO3/c1-12-4-6-15(8-14(12)3)10-21-18(22)11-24-19(23)16-7-5-13(2)17(20)9-16/h4-9H,10-11H2,1-3H3,(H,21,22). The third kappa shape index (κ3) is 4.65. The molecule has 2 aromatic carbocycles. The molecule has 4 nitrogen and oxygen atoms in total. The molecule has 2 aromatic rings. The van der Waals surface area contributed by atoms with Crippen LogP contribution >= 0.6 is 0 Å². The van der Waals surface area contributed by atoms with Gasteiger partial charge in [0.05, 0.1) is 5.56 Å². The largest absolute Gasteiger partial charge is 0.452 e. The highest BCUT2D eigenvalue weighted by Gasteiger charge is 2.12. The topological polar surface area (TPSA) is 55.4 Å². The Labute approximate surface area is 140 Å². The van der Waals surface area contributed by atoms with E-state index in [0.29, 0.717) is 12.1 Å². The summed E-state index contributed by atoms with van der Waals surface area (Å²) >= 11 is 0. The molecule has 0 spiro atoms. The molecule has 24 heavy (non-hydrogen) atoms. The van der Waals surface area contributed by atoms with Crippen LogP contribution in [0, 0.1) is 26.6 Å². The summed E-state index contributed by atoms with van der Waals surface area (Å²) in [6, 6.07) is 9.98. The Kier molecular flexibility index (Phi) is 5.68. The number of aryl methyl sites for hydroxylation is 3. The Hall–Kier alpha value is -2.69. The number of ether oxygens (including phenoxy) is 1. The van der Waals surface area contributed by atoms with E-state index in [0.717, 1.165) is 17.2 Å². The minimum atomic E-state index is -0.727. The zero-order chi connectivity index (χ0) is 17.7. The number of carbonyl (C=O) groups excluding carboxylic acids is 2. The smallest absolute Gasteiger partial charge is 0.338 e. The first kappa shape index (κ1) is 17.7. The van der Waals surface area contributed by atoms with Gasteiger partial charge >= 0.3 is 5.97 Å². The fourth-order valence-electron chi connectivity index (χ4n) is 2.10. The van der Waals surface area contributed by atoms with Gasteiger partial charge in [-0.3, -0.25) is 4.79 Å². The maximum atomic E-state index is 13.4. The van der Waals surface area contributed by atoms with Crippen LogP contribution in [0.3, 0.4) is 0 Å². The second-order valence-corrected chi connectivity index (χ2v) is 5.74. The maximum absolute atomic E-state index is 13.4. The Morgan fingerprint density at radius 1 is 1.00 bits per heavy atom. The van der Waals surface area contributed by atoms with Crippen molar-refractivity contribution in [1.29, 1.82) is 0 Å². The molecule has 0 saturated carbocycles. The number of hydrogen-bond donors (Lipinski definition) is 1. The highest BCUT2D eigenvalue weighted by atomic mass is 19.1. The lowest BCUT2D eigenvalue weighted by molar-refractivity contribution is -0.124. The van der Waals surface area contributed by atoms with Crippen molar-refractivity contribution in [3.8, 4) is 0 Å². The molecule has 0 aromatic heterocycles. The molecule has 5 heteroatoms. The number of nitrogens with one attached hydrogen (secondary N) is 1. The predicted octanol–water partition coefficient (Wildman–Crippen LogP) is 3.22. The Morgan fingerprint density at radius 3 is 2.38 bits per heavy atom. The zero-order valence-corrected chi connectivity index (χ0v) is 14.0. The third-order valence-electron chi connectivity index (χ3n) is 3.80. The molecule has 0 aliphatic rings. The molecule has 0 saturated heterocycles. The van der Waals surface area contributed by atoms with Crippen molar-refractivity contribution in [2.24, 2.45) is 0 Å². The number of benzene rings is 2. The SMILES string of the molecule is Cc1ccc(CNC(=O)COC(=O)c2ccc(C)c(F)c2)cc1C. The monoisotopic (exact) mass is 329 g/mol. The molecule has 1 amide bonds. The Balaban J connectivity index is 1.83. The summed E-state index contributed by atoms with van der Waals surface area (Å²) in [5, 5.41) is 2.68. The molecule has 1 N–H and O–H groups in total. The average Bonchev–Trinajstić information content (AvgIpc) is 2.56. The van der Waals surface area contributed by atoms with E-state index in [9.17, 15) is 14.0 Å². The number of amides is 1. The second kappa shape index (κ2) is 7.73. The van der Waals surface area contributed by atoms with E-state index in [1.165, 1.54) is 17.7 Å². The van der Waals surface area contributed by atoms with Crippen molar-refractivity contribution in [2.45, 2.75) is 27.3 Å². The van der Waals surface area contributed by atoms with Gasteiger partial charge in [0.15, 0.2) is 6.61 Å². The minimum absolute atomic E-state index is 0.0834. The molecular weight excluding hydrogens is 309 g/mol. The lowest BCUT2D eigenvalue weighted by Crippen LogP contribution is -2.28. The van der Waals surface area contributed by atoms with Crippen molar-refractivity contribution in [3.63, 3.8) is 0 Å². The summed E-state index contributed by atoms with van der Waals surface area (Å²) in [5.41, 5.74) is 3.83. The summed E-state index contributed by atoms with van der Waals surface area (Å²) in [7, 11) is 0. The van der Waals surface area contributed by atoms with Gasteiger partial charge in [-0.05, 0) is 55.2 Å². The molecule has 0 fully saturated rings. The first-order valence-corrected chi connectivity index (χ1v) is 7.63. The molecular formula is C19H20FNO3. The summed E-state index contributed by atoms with van der Waals surface area (Å²) < 4.78 is 18.3.